The molecule has 7 nitrogen and oxygen atoms in total. The first-order valence-electron chi connectivity index (χ1n) is 13.4. The van der Waals surface area contributed by atoms with Gasteiger partial charge in [0.25, 0.3) is 11.8 Å². The monoisotopic (exact) mass is 667 g/mol. The van der Waals surface area contributed by atoms with Gasteiger partial charge in [0.2, 0.25) is 5.91 Å². The van der Waals surface area contributed by atoms with Gasteiger partial charge in [0, 0.05) is 28.8 Å². The Morgan fingerprint density at radius 1 is 1.21 bits per heavy atom. The average molecular weight is 668 g/mol. The lowest BCUT2D eigenvalue weighted by Crippen LogP contribution is -2.51. The zero-order chi connectivity index (χ0) is 27.0. The van der Waals surface area contributed by atoms with Crippen molar-refractivity contribution in [2.45, 2.75) is 88.8 Å². The molecule has 3 aliphatic rings. The third-order valence-electron chi connectivity index (χ3n) is 8.02. The lowest BCUT2D eigenvalue weighted by atomic mass is 9.75. The van der Waals surface area contributed by atoms with Gasteiger partial charge in [-0.1, -0.05) is 33.3 Å². The van der Waals surface area contributed by atoms with Crippen LogP contribution in [0, 0.1) is 17.8 Å². The summed E-state index contributed by atoms with van der Waals surface area (Å²) in [6.07, 6.45) is 4.62. The first-order chi connectivity index (χ1) is 18.2. The predicted molar refractivity (Wildman–Crippen MR) is 157 cm³/mol. The Morgan fingerprint density at radius 2 is 2.03 bits per heavy atom. The van der Waals surface area contributed by atoms with E-state index < -0.39 is 6.04 Å². The van der Waals surface area contributed by atoms with Gasteiger partial charge >= 0.3 is 0 Å². The predicted octanol–water partition coefficient (Wildman–Crippen LogP) is 6.24. The van der Waals surface area contributed by atoms with Gasteiger partial charge in [0.05, 0.1) is 47.0 Å². The van der Waals surface area contributed by atoms with E-state index in [2.05, 4.69) is 26.2 Å². The maximum Gasteiger partial charge on any atom is 0.260 e. The van der Waals surface area contributed by atoms with Crippen LogP contribution in [0.5, 0.6) is 0 Å². The molecule has 0 N–H and O–H groups in total. The average Bonchev–Trinajstić information content (AvgIpc) is 3.49. The number of hydrogen-bond acceptors (Lipinski definition) is 7. The largest absolute Gasteiger partial charge is 0.372 e. The molecule has 2 aliphatic heterocycles. The molecule has 204 valence electrons. The Labute approximate surface area is 246 Å². The minimum atomic E-state index is -0.591. The number of rotatable bonds is 8. The number of fused-ring (bicyclic) bond motifs is 1. The van der Waals surface area contributed by atoms with Crippen LogP contribution in [0.25, 0.3) is 0 Å². The quantitative estimate of drug-likeness (QED) is 0.144. The van der Waals surface area contributed by atoms with E-state index >= 15 is 0 Å². The van der Waals surface area contributed by atoms with Crippen molar-refractivity contribution in [2.75, 3.05) is 0 Å². The smallest absolute Gasteiger partial charge is 0.260 e. The summed E-state index contributed by atoms with van der Waals surface area (Å²) in [5, 5.41) is 3.13. The molecular weight excluding hydrogens is 633 g/mol. The topological polar surface area (TPSA) is 79.8 Å². The van der Waals surface area contributed by atoms with Crippen molar-refractivity contribution >= 4 is 63.7 Å². The summed E-state index contributed by atoms with van der Waals surface area (Å²) in [5.74, 6) is 2.03. The lowest BCUT2D eigenvalue weighted by Gasteiger charge is -2.37. The van der Waals surface area contributed by atoms with Gasteiger partial charge in [-0.05, 0) is 54.7 Å². The van der Waals surface area contributed by atoms with Crippen molar-refractivity contribution in [3.63, 3.8) is 0 Å². The molecule has 38 heavy (non-hydrogen) atoms. The van der Waals surface area contributed by atoms with E-state index in [1.807, 2.05) is 18.2 Å². The number of carbonyl (C=O) groups excluding carboxylic acids is 3. The second kappa shape index (κ2) is 11.9. The second-order valence-corrected chi connectivity index (χ2v) is 13.9. The summed E-state index contributed by atoms with van der Waals surface area (Å²) in [7, 11) is 0. The number of thioether (sulfide) groups is 1. The third-order valence-corrected chi connectivity index (χ3v) is 11.2. The molecule has 0 bridgehead atoms. The first-order valence-corrected chi connectivity index (χ1v) is 16.2. The number of amides is 3. The highest BCUT2D eigenvalue weighted by Gasteiger charge is 2.42. The molecule has 4 atom stereocenters. The van der Waals surface area contributed by atoms with Crippen LogP contribution in [0.15, 0.2) is 28.5 Å². The van der Waals surface area contributed by atoms with Gasteiger partial charge < -0.3 is 9.64 Å². The Balaban J connectivity index is 1.20. The first kappa shape index (κ1) is 28.0. The highest BCUT2D eigenvalue weighted by atomic mass is 127. The summed E-state index contributed by atoms with van der Waals surface area (Å²) in [4.78, 5) is 45.3. The van der Waals surface area contributed by atoms with E-state index in [0.29, 0.717) is 54.7 Å². The molecule has 1 saturated heterocycles. The van der Waals surface area contributed by atoms with Gasteiger partial charge in [-0.2, -0.15) is 0 Å². The molecule has 1 aromatic carbocycles. The van der Waals surface area contributed by atoms with Crippen LogP contribution in [0.3, 0.4) is 0 Å². The third kappa shape index (κ3) is 5.83. The highest BCUT2D eigenvalue weighted by molar-refractivity contribution is 14.1. The van der Waals surface area contributed by atoms with Gasteiger partial charge in [-0.15, -0.1) is 23.1 Å². The van der Waals surface area contributed by atoms with Crippen molar-refractivity contribution in [1.82, 2.24) is 13.0 Å². The van der Waals surface area contributed by atoms with E-state index in [4.69, 9.17) is 9.72 Å². The minimum absolute atomic E-state index is 0.134. The van der Waals surface area contributed by atoms with Crippen LogP contribution >= 0.6 is 46.0 Å². The molecule has 3 amide bonds. The summed E-state index contributed by atoms with van der Waals surface area (Å²) < 4.78 is 7.52. The number of benzene rings is 1. The number of piperidine rings is 1. The standard InChI is InChI=1S/C28H34IN3O4S2/c1-16(2)19-8-7-17(3)11-23(19)36-13-18-14-38-25(30-18)15-37-24-6-4-5-20-21(24)12-31(27(20)34)22-9-10-26(33)32(29)28(22)35/h4-6,14,16-17,19,22-23H,7-13,15H2,1-3H3. The number of ether oxygens (including phenoxy) is 1. The van der Waals surface area contributed by atoms with E-state index in [-0.39, 0.29) is 24.1 Å². The minimum Gasteiger partial charge on any atom is -0.372 e. The normalized spacial score (nSPS) is 26.0. The summed E-state index contributed by atoms with van der Waals surface area (Å²) in [6, 6.07) is 5.17. The van der Waals surface area contributed by atoms with Crippen LogP contribution in [-0.2, 0) is 33.2 Å². The van der Waals surface area contributed by atoms with Crippen LogP contribution in [0.1, 0.15) is 79.5 Å². The molecule has 4 unspecified atom stereocenters. The zero-order valence-electron chi connectivity index (χ0n) is 22.0. The fourth-order valence-electron chi connectivity index (χ4n) is 5.86. The van der Waals surface area contributed by atoms with Gasteiger partial charge in [0.15, 0.2) is 0 Å². The Hall–Kier alpha value is -1.50. The van der Waals surface area contributed by atoms with Crippen molar-refractivity contribution < 1.29 is 19.1 Å². The molecule has 1 saturated carbocycles. The molecule has 1 aliphatic carbocycles. The van der Waals surface area contributed by atoms with E-state index in [9.17, 15) is 14.4 Å². The van der Waals surface area contributed by atoms with E-state index in [0.717, 1.165) is 30.7 Å². The van der Waals surface area contributed by atoms with Crippen LogP contribution in [0.2, 0.25) is 0 Å². The number of imide groups is 1. The maximum atomic E-state index is 13.2. The number of aromatic nitrogens is 1. The van der Waals surface area contributed by atoms with Gasteiger partial charge in [-0.25, -0.2) is 8.10 Å². The van der Waals surface area contributed by atoms with Gasteiger partial charge in [-0.3, -0.25) is 14.4 Å². The summed E-state index contributed by atoms with van der Waals surface area (Å²) in [5.41, 5.74) is 2.59. The Bertz CT molecular complexity index is 1220. The molecule has 5 rings (SSSR count). The number of carbonyl (C=O) groups is 3. The maximum absolute atomic E-state index is 13.2. The molecular formula is C28H34IN3O4S2. The molecule has 2 aromatic rings. The number of thiazole rings is 1. The molecule has 0 spiro atoms. The second-order valence-electron chi connectivity index (χ2n) is 11.0. The van der Waals surface area contributed by atoms with Crippen molar-refractivity contribution in [3.05, 3.63) is 45.4 Å². The van der Waals surface area contributed by atoms with E-state index in [1.165, 1.54) is 12.8 Å². The van der Waals surface area contributed by atoms with Crippen LogP contribution in [0.4, 0.5) is 0 Å². The van der Waals surface area contributed by atoms with Crippen LogP contribution < -0.4 is 0 Å². The van der Waals surface area contributed by atoms with Crippen LogP contribution in [-0.4, -0.2) is 42.9 Å². The molecule has 1 aromatic heterocycles. The number of halogens is 1. The SMILES string of the molecule is CC1CCC(C(C)C)C(OCc2csc(CSc3cccc4c3CN(C3CCC(=O)N(I)C3=O)C4=O)n2)C1. The fourth-order valence-corrected chi connectivity index (χ4v) is 8.30. The summed E-state index contributed by atoms with van der Waals surface area (Å²) in [6.45, 7) is 7.87. The lowest BCUT2D eigenvalue weighted by molar-refractivity contribution is -0.143. The molecule has 3 heterocycles. The van der Waals surface area contributed by atoms with Crippen molar-refractivity contribution in [2.24, 2.45) is 17.8 Å². The Kier molecular flexibility index (Phi) is 8.81. The molecule has 10 heteroatoms. The Morgan fingerprint density at radius 3 is 2.82 bits per heavy atom. The molecule has 2 fully saturated rings. The zero-order valence-corrected chi connectivity index (χ0v) is 25.8. The fraction of sp³-hybridized carbons (Fsp3) is 0.571. The summed E-state index contributed by atoms with van der Waals surface area (Å²) >= 11 is 5.07. The molecule has 0 radical (unpaired) electrons. The van der Waals surface area contributed by atoms with Gasteiger partial charge in [0.1, 0.15) is 11.0 Å². The van der Waals surface area contributed by atoms with E-state index in [1.54, 1.807) is 50.9 Å². The highest BCUT2D eigenvalue weighted by Crippen LogP contribution is 2.38. The number of nitrogens with zero attached hydrogens (tertiary/aromatic N) is 3. The van der Waals surface area contributed by atoms with Crippen molar-refractivity contribution in [3.8, 4) is 0 Å². The van der Waals surface area contributed by atoms with Crippen molar-refractivity contribution in [1.29, 1.82) is 0 Å². The number of hydrogen-bond donors (Lipinski definition) is 0.